The molecule has 1 aromatic heterocycles. The van der Waals surface area contributed by atoms with Crippen LogP contribution in [0.15, 0.2) is 47.1 Å². The maximum absolute atomic E-state index is 10.7. The first-order valence-corrected chi connectivity index (χ1v) is 12.7. The van der Waals surface area contributed by atoms with E-state index in [9.17, 15) is 10.1 Å². The number of carboxylic acid groups (broad SMARTS) is 1. The van der Waals surface area contributed by atoms with Crippen molar-refractivity contribution in [2.75, 3.05) is 29.9 Å². The van der Waals surface area contributed by atoms with E-state index in [1.54, 1.807) is 18.3 Å². The van der Waals surface area contributed by atoms with Crippen LogP contribution < -0.4 is 15.0 Å². The number of ether oxygens (including phenoxy) is 2. The minimum Gasteiger partial charge on any atom is -0.480 e. The number of nitrogens with one attached hydrogen (secondary N) is 1. The van der Waals surface area contributed by atoms with Crippen LogP contribution in [0.5, 0.6) is 11.6 Å². The van der Waals surface area contributed by atoms with Gasteiger partial charge in [0.15, 0.2) is 0 Å². The lowest BCUT2D eigenvalue weighted by molar-refractivity contribution is -0.142. The molecule has 1 aliphatic rings. The van der Waals surface area contributed by atoms with E-state index in [1.807, 2.05) is 32.0 Å². The van der Waals surface area contributed by atoms with Gasteiger partial charge in [0.05, 0.1) is 28.9 Å². The van der Waals surface area contributed by atoms with Gasteiger partial charge in [-0.05, 0) is 83.6 Å². The lowest BCUT2D eigenvalue weighted by atomic mass is 10.0. The lowest BCUT2D eigenvalue weighted by Gasteiger charge is -2.34. The quantitative estimate of drug-likeness (QED) is 0.360. The van der Waals surface area contributed by atoms with Crippen molar-refractivity contribution >= 4 is 33.5 Å². The van der Waals surface area contributed by atoms with Crippen LogP contribution in [0.3, 0.4) is 0 Å². The van der Waals surface area contributed by atoms with Crippen molar-refractivity contribution in [3.8, 4) is 17.7 Å². The van der Waals surface area contributed by atoms with E-state index < -0.39 is 5.97 Å². The summed E-state index contributed by atoms with van der Waals surface area (Å²) in [6.45, 7) is 5.50. The summed E-state index contributed by atoms with van der Waals surface area (Å²) in [4.78, 5) is 22.0. The normalized spacial score (nSPS) is 13.7. The van der Waals surface area contributed by atoms with Crippen LogP contribution in [0.1, 0.15) is 35.1 Å². The lowest BCUT2D eigenvalue weighted by Crippen LogP contribution is -2.39. The van der Waals surface area contributed by atoms with Gasteiger partial charge in [0.2, 0.25) is 11.8 Å². The number of aryl methyl sites for hydroxylation is 2. The van der Waals surface area contributed by atoms with E-state index in [2.05, 4.69) is 48.3 Å². The third-order valence-electron chi connectivity index (χ3n) is 6.10. The number of carboxylic acids is 1. The Morgan fingerprint density at radius 3 is 2.65 bits per heavy atom. The Bertz CT molecular complexity index is 1300. The highest BCUT2D eigenvalue weighted by molar-refractivity contribution is 9.10. The molecule has 0 aliphatic carbocycles. The Hall–Kier alpha value is -3.68. The van der Waals surface area contributed by atoms with Gasteiger partial charge in [-0.3, -0.25) is 0 Å². The molecule has 0 bridgehead atoms. The molecule has 192 valence electrons. The molecule has 0 saturated carbocycles. The molecule has 0 unspecified atom stereocenters. The molecule has 1 saturated heterocycles. The maximum atomic E-state index is 10.7. The van der Waals surface area contributed by atoms with Crippen molar-refractivity contribution in [3.63, 3.8) is 0 Å². The molecule has 0 spiro atoms. The predicted octanol–water partition coefficient (Wildman–Crippen LogP) is 5.20. The van der Waals surface area contributed by atoms with Gasteiger partial charge in [-0.2, -0.15) is 10.2 Å². The Balaban J connectivity index is 1.36. The highest BCUT2D eigenvalue weighted by atomic mass is 79.9. The molecular weight excluding hydrogens is 538 g/mol. The maximum Gasteiger partial charge on any atom is 0.329 e. The van der Waals surface area contributed by atoms with E-state index in [4.69, 9.17) is 14.6 Å². The molecule has 4 rings (SSSR count). The van der Waals surface area contributed by atoms with Gasteiger partial charge >= 0.3 is 5.97 Å². The fourth-order valence-corrected chi connectivity index (χ4v) is 4.60. The van der Waals surface area contributed by atoms with Crippen molar-refractivity contribution in [1.29, 1.82) is 5.26 Å². The predicted molar refractivity (Wildman–Crippen MR) is 143 cm³/mol. The number of rotatable bonds is 9. The molecule has 2 heterocycles. The van der Waals surface area contributed by atoms with Gasteiger partial charge in [0.1, 0.15) is 12.4 Å². The standard InChI is InChI=1S/C27H28BrN5O4/c1-17-10-20(13-29)11-18(2)25(17)37-26-23(28)14-30-27(32-26)31-21-6-8-33(9-7-21)22-5-3-4-19(12-22)15-36-16-24(34)35/h3-5,10-12,14,21H,6-9,15-16H2,1-2H3,(H,34,35)(H,30,31,32). The van der Waals surface area contributed by atoms with Crippen LogP contribution in [-0.2, 0) is 16.1 Å². The van der Waals surface area contributed by atoms with Crippen molar-refractivity contribution in [2.45, 2.75) is 39.3 Å². The number of hydrogen-bond acceptors (Lipinski definition) is 8. The van der Waals surface area contributed by atoms with Crippen LogP contribution in [0.25, 0.3) is 0 Å². The number of aromatic nitrogens is 2. The van der Waals surface area contributed by atoms with E-state index in [-0.39, 0.29) is 19.3 Å². The molecule has 1 aliphatic heterocycles. The zero-order chi connectivity index (χ0) is 26.4. The Labute approximate surface area is 224 Å². The summed E-state index contributed by atoms with van der Waals surface area (Å²) in [5.41, 5.74) is 4.36. The fraction of sp³-hybridized carbons (Fsp3) is 0.333. The third kappa shape index (κ3) is 6.96. The number of hydrogen-bond donors (Lipinski definition) is 2. The minimum atomic E-state index is -0.973. The highest BCUT2D eigenvalue weighted by Crippen LogP contribution is 2.33. The van der Waals surface area contributed by atoms with Gasteiger partial charge in [-0.1, -0.05) is 12.1 Å². The summed E-state index contributed by atoms with van der Waals surface area (Å²) in [6.07, 6.45) is 3.48. The van der Waals surface area contributed by atoms with Crippen LogP contribution in [0.2, 0.25) is 0 Å². The largest absolute Gasteiger partial charge is 0.480 e. The number of piperidine rings is 1. The van der Waals surface area contributed by atoms with E-state index in [0.717, 1.165) is 48.3 Å². The van der Waals surface area contributed by atoms with Crippen LogP contribution in [0, 0.1) is 25.2 Å². The van der Waals surface area contributed by atoms with Crippen molar-refractivity contribution in [2.24, 2.45) is 0 Å². The summed E-state index contributed by atoms with van der Waals surface area (Å²) < 4.78 is 12.0. The second-order valence-corrected chi connectivity index (χ2v) is 9.82. The molecule has 2 aromatic carbocycles. The number of nitrogens with zero attached hydrogens (tertiary/aromatic N) is 4. The average molecular weight is 566 g/mol. The minimum absolute atomic E-state index is 0.214. The Morgan fingerprint density at radius 2 is 1.97 bits per heavy atom. The fourth-order valence-electron chi connectivity index (χ4n) is 4.33. The number of nitriles is 1. The summed E-state index contributed by atoms with van der Waals surface area (Å²) in [7, 11) is 0. The van der Waals surface area contributed by atoms with Gasteiger partial charge in [-0.25, -0.2) is 9.78 Å². The second-order valence-electron chi connectivity index (χ2n) is 8.96. The molecule has 10 heteroatoms. The van der Waals surface area contributed by atoms with Gasteiger partial charge in [0, 0.05) is 24.8 Å². The number of carbonyl (C=O) groups is 1. The summed E-state index contributed by atoms with van der Waals surface area (Å²) in [5.74, 6) is 0.609. The molecule has 0 atom stereocenters. The molecule has 0 radical (unpaired) electrons. The molecule has 37 heavy (non-hydrogen) atoms. The zero-order valence-corrected chi connectivity index (χ0v) is 22.3. The van der Waals surface area contributed by atoms with Crippen LogP contribution >= 0.6 is 15.9 Å². The molecule has 2 N–H and O–H groups in total. The van der Waals surface area contributed by atoms with E-state index in [1.165, 1.54) is 0 Å². The van der Waals surface area contributed by atoms with Crippen molar-refractivity contribution < 1.29 is 19.4 Å². The third-order valence-corrected chi connectivity index (χ3v) is 6.64. The summed E-state index contributed by atoms with van der Waals surface area (Å²) in [5, 5.41) is 21.4. The SMILES string of the molecule is Cc1cc(C#N)cc(C)c1Oc1nc(NC2CCN(c3cccc(COCC(=O)O)c3)CC2)ncc1Br. The van der Waals surface area contributed by atoms with Crippen molar-refractivity contribution in [3.05, 3.63) is 69.3 Å². The van der Waals surface area contributed by atoms with E-state index in [0.29, 0.717) is 27.6 Å². The summed E-state index contributed by atoms with van der Waals surface area (Å²) >= 11 is 3.48. The van der Waals surface area contributed by atoms with E-state index >= 15 is 0 Å². The van der Waals surface area contributed by atoms with Crippen LogP contribution in [0.4, 0.5) is 11.6 Å². The van der Waals surface area contributed by atoms with Gasteiger partial charge < -0.3 is 24.8 Å². The smallest absolute Gasteiger partial charge is 0.329 e. The molecular formula is C27H28BrN5O4. The highest BCUT2D eigenvalue weighted by Gasteiger charge is 2.21. The molecule has 9 nitrogen and oxygen atoms in total. The van der Waals surface area contributed by atoms with Gasteiger partial charge in [-0.15, -0.1) is 0 Å². The first-order chi connectivity index (χ1) is 17.8. The molecule has 1 fully saturated rings. The molecule has 0 amide bonds. The first kappa shape index (κ1) is 26.4. The Morgan fingerprint density at radius 1 is 1.24 bits per heavy atom. The molecule has 3 aromatic rings. The Kier molecular flexibility index (Phi) is 8.58. The first-order valence-electron chi connectivity index (χ1n) is 11.9. The topological polar surface area (TPSA) is 121 Å². The van der Waals surface area contributed by atoms with Gasteiger partial charge in [0.25, 0.3) is 0 Å². The van der Waals surface area contributed by atoms with Crippen molar-refractivity contribution in [1.82, 2.24) is 9.97 Å². The second kappa shape index (κ2) is 12.0. The summed E-state index contributed by atoms with van der Waals surface area (Å²) in [6, 6.07) is 14.0. The monoisotopic (exact) mass is 565 g/mol. The number of aliphatic carboxylic acids is 1. The zero-order valence-electron chi connectivity index (χ0n) is 20.7. The number of anilines is 2. The number of halogens is 1. The number of benzene rings is 2. The average Bonchev–Trinajstić information content (AvgIpc) is 2.88. The van der Waals surface area contributed by atoms with Crippen LogP contribution in [-0.4, -0.2) is 46.8 Å².